The zero-order valence-electron chi connectivity index (χ0n) is 12.6. The normalized spacial score (nSPS) is 14.2. The van der Waals surface area contributed by atoms with Crippen molar-refractivity contribution in [3.05, 3.63) is 47.9 Å². The van der Waals surface area contributed by atoms with E-state index in [1.165, 1.54) is 18.4 Å². The number of nitrogens with zero attached hydrogens (tertiary/aromatic N) is 1. The van der Waals surface area contributed by atoms with Crippen LogP contribution in [0.15, 0.2) is 41.0 Å². The van der Waals surface area contributed by atoms with E-state index in [4.69, 9.17) is 9.15 Å². The van der Waals surface area contributed by atoms with E-state index in [1.54, 1.807) is 13.4 Å². The average molecular weight is 286 g/mol. The minimum Gasteiger partial charge on any atom is -0.497 e. The monoisotopic (exact) mass is 286 g/mol. The van der Waals surface area contributed by atoms with Crippen molar-refractivity contribution in [3.8, 4) is 5.75 Å². The zero-order valence-corrected chi connectivity index (χ0v) is 12.6. The molecule has 1 aliphatic carbocycles. The number of hydrogen-bond acceptors (Lipinski definition) is 4. The number of benzene rings is 1. The van der Waals surface area contributed by atoms with E-state index in [1.807, 2.05) is 18.2 Å². The van der Waals surface area contributed by atoms with Crippen LogP contribution in [0.3, 0.4) is 0 Å². The van der Waals surface area contributed by atoms with Gasteiger partial charge < -0.3 is 19.4 Å². The van der Waals surface area contributed by atoms with Crippen molar-refractivity contribution < 1.29 is 9.15 Å². The number of ether oxygens (including phenoxy) is 1. The van der Waals surface area contributed by atoms with Crippen LogP contribution in [0.4, 0.5) is 5.69 Å². The predicted molar refractivity (Wildman–Crippen MR) is 83.7 cm³/mol. The van der Waals surface area contributed by atoms with Gasteiger partial charge in [0.05, 0.1) is 19.9 Å². The lowest BCUT2D eigenvalue weighted by molar-refractivity contribution is 0.414. The molecular weight excluding hydrogens is 264 g/mol. The first-order valence-corrected chi connectivity index (χ1v) is 7.40. The molecule has 1 heterocycles. The summed E-state index contributed by atoms with van der Waals surface area (Å²) in [6.45, 7) is 1.64. The second-order valence-electron chi connectivity index (χ2n) is 5.58. The first kappa shape index (κ1) is 14.0. The van der Waals surface area contributed by atoms with Gasteiger partial charge in [0.15, 0.2) is 0 Å². The molecule has 1 fully saturated rings. The fraction of sp³-hybridized carbons (Fsp3) is 0.412. The largest absolute Gasteiger partial charge is 0.497 e. The molecule has 112 valence electrons. The molecule has 0 spiro atoms. The molecule has 0 amide bonds. The highest BCUT2D eigenvalue weighted by atomic mass is 16.5. The number of rotatable bonds is 7. The van der Waals surface area contributed by atoms with Crippen LogP contribution in [-0.4, -0.2) is 20.2 Å². The van der Waals surface area contributed by atoms with Crippen molar-refractivity contribution in [2.75, 3.05) is 19.1 Å². The molecule has 4 heteroatoms. The highest BCUT2D eigenvalue weighted by Gasteiger charge is 2.21. The minimum absolute atomic E-state index is 0.712. The average Bonchev–Trinajstić information content (AvgIpc) is 3.25. The van der Waals surface area contributed by atoms with Gasteiger partial charge in [-0.1, -0.05) is 6.07 Å². The quantitative estimate of drug-likeness (QED) is 0.848. The molecule has 4 nitrogen and oxygen atoms in total. The second-order valence-corrected chi connectivity index (χ2v) is 5.58. The van der Waals surface area contributed by atoms with Crippen molar-refractivity contribution in [1.29, 1.82) is 0 Å². The van der Waals surface area contributed by atoms with Gasteiger partial charge in [-0.3, -0.25) is 0 Å². The van der Waals surface area contributed by atoms with E-state index in [-0.39, 0.29) is 0 Å². The van der Waals surface area contributed by atoms with Gasteiger partial charge in [-0.25, -0.2) is 0 Å². The molecule has 1 N–H and O–H groups in total. The van der Waals surface area contributed by atoms with E-state index < -0.39 is 0 Å². The van der Waals surface area contributed by atoms with Crippen LogP contribution in [-0.2, 0) is 13.1 Å². The van der Waals surface area contributed by atoms with Gasteiger partial charge in [0.25, 0.3) is 0 Å². The molecule has 21 heavy (non-hydrogen) atoms. The SMILES string of the molecule is COc1cccc(N(C)Cc2occc2CNC2CC2)c1. The van der Waals surface area contributed by atoms with Gasteiger partial charge in [-0.05, 0) is 31.0 Å². The fourth-order valence-corrected chi connectivity index (χ4v) is 2.36. The van der Waals surface area contributed by atoms with Crippen LogP contribution in [0, 0.1) is 0 Å². The Balaban J connectivity index is 1.65. The van der Waals surface area contributed by atoms with Crippen LogP contribution in [0.25, 0.3) is 0 Å². The predicted octanol–water partition coefficient (Wildman–Crippen LogP) is 3.18. The van der Waals surface area contributed by atoms with E-state index in [2.05, 4.69) is 29.4 Å². The molecule has 1 saturated carbocycles. The van der Waals surface area contributed by atoms with Gasteiger partial charge >= 0.3 is 0 Å². The summed E-state index contributed by atoms with van der Waals surface area (Å²) in [6.07, 6.45) is 4.38. The Hall–Kier alpha value is -1.94. The van der Waals surface area contributed by atoms with Gasteiger partial charge in [0, 0.05) is 37.0 Å². The number of furan rings is 1. The molecule has 1 aromatic carbocycles. The molecular formula is C17H22N2O2. The third kappa shape index (κ3) is 3.58. The highest BCUT2D eigenvalue weighted by molar-refractivity contribution is 5.50. The Labute approximate surface area is 125 Å². The Morgan fingerprint density at radius 1 is 1.33 bits per heavy atom. The second kappa shape index (κ2) is 6.22. The summed E-state index contributed by atoms with van der Waals surface area (Å²) in [7, 11) is 3.75. The Bertz CT molecular complexity index is 590. The summed E-state index contributed by atoms with van der Waals surface area (Å²) >= 11 is 0. The molecule has 0 aliphatic heterocycles. The van der Waals surface area contributed by atoms with Crippen LogP contribution in [0.5, 0.6) is 5.75 Å². The van der Waals surface area contributed by atoms with Gasteiger partial charge in [0.2, 0.25) is 0 Å². The Kier molecular flexibility index (Phi) is 4.15. The molecule has 0 bridgehead atoms. The summed E-state index contributed by atoms with van der Waals surface area (Å²) in [5.74, 6) is 1.89. The van der Waals surface area contributed by atoms with Crippen molar-refractivity contribution >= 4 is 5.69 Å². The van der Waals surface area contributed by atoms with Gasteiger partial charge in [-0.15, -0.1) is 0 Å². The molecule has 0 atom stereocenters. The lowest BCUT2D eigenvalue weighted by Gasteiger charge is -2.19. The zero-order chi connectivity index (χ0) is 14.7. The topological polar surface area (TPSA) is 37.6 Å². The fourth-order valence-electron chi connectivity index (χ4n) is 2.36. The van der Waals surface area contributed by atoms with E-state index in [0.717, 1.165) is 30.3 Å². The number of nitrogens with one attached hydrogen (secondary N) is 1. The number of anilines is 1. The minimum atomic E-state index is 0.712. The number of methoxy groups -OCH3 is 1. The maximum Gasteiger partial charge on any atom is 0.127 e. The summed E-state index contributed by atoms with van der Waals surface area (Å²) in [6, 6.07) is 10.8. The Morgan fingerprint density at radius 2 is 2.19 bits per heavy atom. The smallest absolute Gasteiger partial charge is 0.127 e. The van der Waals surface area contributed by atoms with Crippen LogP contribution >= 0.6 is 0 Å². The molecule has 3 rings (SSSR count). The van der Waals surface area contributed by atoms with Gasteiger partial charge in [-0.2, -0.15) is 0 Å². The molecule has 1 aliphatic rings. The van der Waals surface area contributed by atoms with Crippen molar-refractivity contribution in [2.45, 2.75) is 32.0 Å². The summed E-state index contributed by atoms with van der Waals surface area (Å²) < 4.78 is 10.9. The molecule has 1 aromatic heterocycles. The maximum absolute atomic E-state index is 5.65. The molecule has 0 unspecified atom stereocenters. The van der Waals surface area contributed by atoms with Crippen molar-refractivity contribution in [1.82, 2.24) is 5.32 Å². The third-order valence-electron chi connectivity index (χ3n) is 3.87. The first-order chi connectivity index (χ1) is 10.3. The lowest BCUT2D eigenvalue weighted by atomic mass is 10.2. The maximum atomic E-state index is 5.65. The van der Waals surface area contributed by atoms with E-state index in [9.17, 15) is 0 Å². The standard InChI is InChI=1S/C17H22N2O2/c1-19(15-4-3-5-16(10-15)20-2)12-17-13(8-9-21-17)11-18-14-6-7-14/h3-5,8-10,14,18H,6-7,11-12H2,1-2H3. The van der Waals surface area contributed by atoms with Gasteiger partial charge in [0.1, 0.15) is 11.5 Å². The molecule has 0 radical (unpaired) electrons. The van der Waals surface area contributed by atoms with E-state index in [0.29, 0.717) is 6.04 Å². The summed E-state index contributed by atoms with van der Waals surface area (Å²) in [4.78, 5) is 2.17. The molecule has 2 aromatic rings. The van der Waals surface area contributed by atoms with Crippen LogP contribution in [0.1, 0.15) is 24.2 Å². The Morgan fingerprint density at radius 3 is 2.95 bits per heavy atom. The van der Waals surface area contributed by atoms with E-state index >= 15 is 0 Å². The molecule has 0 saturated heterocycles. The first-order valence-electron chi connectivity index (χ1n) is 7.40. The third-order valence-corrected chi connectivity index (χ3v) is 3.87. The lowest BCUT2D eigenvalue weighted by Crippen LogP contribution is -2.19. The van der Waals surface area contributed by atoms with Crippen LogP contribution < -0.4 is 15.0 Å². The number of hydrogen-bond donors (Lipinski definition) is 1. The van der Waals surface area contributed by atoms with Crippen LogP contribution in [0.2, 0.25) is 0 Å². The summed E-state index contributed by atoms with van der Waals surface area (Å²) in [5.41, 5.74) is 2.36. The summed E-state index contributed by atoms with van der Waals surface area (Å²) in [5, 5.41) is 3.53. The van der Waals surface area contributed by atoms with Crippen molar-refractivity contribution in [2.24, 2.45) is 0 Å². The van der Waals surface area contributed by atoms with Crippen molar-refractivity contribution in [3.63, 3.8) is 0 Å². The highest BCUT2D eigenvalue weighted by Crippen LogP contribution is 2.24.